The van der Waals surface area contributed by atoms with E-state index >= 15 is 0 Å². The number of cyclic esters (lactones) is 1. The lowest BCUT2D eigenvalue weighted by molar-refractivity contribution is -0.151. The molecule has 0 saturated carbocycles. The Labute approximate surface area is 243 Å². The Kier molecular flexibility index (Phi) is 15.0. The number of amides is 3. The molecule has 0 aliphatic carbocycles. The van der Waals surface area contributed by atoms with Gasteiger partial charge in [0.1, 0.15) is 18.2 Å². The van der Waals surface area contributed by atoms with Gasteiger partial charge in [0.25, 0.3) is 0 Å². The van der Waals surface area contributed by atoms with Gasteiger partial charge in [0.2, 0.25) is 11.8 Å². The van der Waals surface area contributed by atoms with Crippen molar-refractivity contribution in [1.82, 2.24) is 10.6 Å². The molecule has 1 rings (SSSR count). The van der Waals surface area contributed by atoms with Crippen LogP contribution in [-0.4, -0.2) is 49.2 Å². The van der Waals surface area contributed by atoms with Crippen molar-refractivity contribution in [3.63, 3.8) is 0 Å². The third-order valence-electron chi connectivity index (χ3n) is 6.12. The van der Waals surface area contributed by atoms with E-state index < -0.39 is 35.5 Å². The summed E-state index contributed by atoms with van der Waals surface area (Å²) < 4.78 is 15.5. The van der Waals surface area contributed by atoms with E-state index in [0.29, 0.717) is 19.3 Å². The molecule has 4 atom stereocenters. The summed E-state index contributed by atoms with van der Waals surface area (Å²) in [6, 6.07) is -0.803. The van der Waals surface area contributed by atoms with E-state index in [0.717, 1.165) is 5.57 Å². The first kappa shape index (κ1) is 34.9. The molecule has 0 aromatic heterocycles. The number of carbonyl (C=O) groups excluding carboxylic acids is 4. The molecule has 0 radical (unpaired) electrons. The van der Waals surface area contributed by atoms with Gasteiger partial charge in [-0.3, -0.25) is 9.59 Å². The maximum atomic E-state index is 12.8. The number of nitrogens with two attached hydrogens (primary N) is 1. The fraction of sp³-hybridized carbons (Fsp3) is 0.484. The standard InChI is InChI=1S/C31H45N3O7/c1-8-9-14-23(40-30(32)38)15-12-19-33-28(36)27(31(4,5)6)34-26(35)16-11-10-13-21(2)20-22(3)24-17-18-25(39-7)29(37)41-24/h8-13,16,18-20,22-24,27H,14-15,17H2,1-7H3,(H2,32,38)(H,33,36)(H,34,35). The number of ether oxygens (including phenoxy) is 3. The van der Waals surface area contributed by atoms with Crippen LogP contribution in [0.15, 0.2) is 72.2 Å². The Morgan fingerprint density at radius 2 is 1.83 bits per heavy atom. The molecule has 1 aliphatic heterocycles. The zero-order valence-corrected chi connectivity index (χ0v) is 25.1. The zero-order chi connectivity index (χ0) is 31.0. The van der Waals surface area contributed by atoms with E-state index in [-0.39, 0.29) is 23.7 Å². The van der Waals surface area contributed by atoms with Crippen molar-refractivity contribution in [2.24, 2.45) is 17.1 Å². The number of carbonyl (C=O) groups is 4. The first-order valence-corrected chi connectivity index (χ1v) is 13.6. The highest BCUT2D eigenvalue weighted by atomic mass is 16.6. The van der Waals surface area contributed by atoms with Crippen LogP contribution in [0.1, 0.15) is 60.8 Å². The molecule has 41 heavy (non-hydrogen) atoms. The minimum absolute atomic E-state index is 0.0135. The van der Waals surface area contributed by atoms with Crippen LogP contribution in [0, 0.1) is 11.3 Å². The fourth-order valence-electron chi connectivity index (χ4n) is 3.92. The van der Waals surface area contributed by atoms with Crippen molar-refractivity contribution < 1.29 is 33.4 Å². The van der Waals surface area contributed by atoms with Crippen molar-refractivity contribution in [2.45, 2.75) is 79.1 Å². The quantitative estimate of drug-likeness (QED) is 0.120. The molecule has 0 aromatic rings. The van der Waals surface area contributed by atoms with Crippen molar-refractivity contribution in [1.29, 1.82) is 0 Å². The van der Waals surface area contributed by atoms with Crippen LogP contribution in [0.25, 0.3) is 0 Å². The van der Waals surface area contributed by atoms with E-state index in [1.165, 1.54) is 19.4 Å². The van der Waals surface area contributed by atoms with Crippen LogP contribution in [-0.2, 0) is 28.6 Å². The molecular formula is C31H45N3O7. The molecule has 0 spiro atoms. The van der Waals surface area contributed by atoms with Gasteiger partial charge in [0.05, 0.1) is 7.11 Å². The molecule has 4 unspecified atom stereocenters. The number of hydrogen-bond donors (Lipinski definition) is 3. The van der Waals surface area contributed by atoms with Gasteiger partial charge in [0.15, 0.2) is 5.76 Å². The molecule has 1 heterocycles. The minimum Gasteiger partial charge on any atom is -0.490 e. The number of allylic oxidation sites excluding steroid dienone is 5. The van der Waals surface area contributed by atoms with Crippen LogP contribution >= 0.6 is 0 Å². The third-order valence-corrected chi connectivity index (χ3v) is 6.12. The smallest absolute Gasteiger partial charge is 0.404 e. The van der Waals surface area contributed by atoms with Gasteiger partial charge in [-0.1, -0.05) is 75.8 Å². The number of methoxy groups -OCH3 is 1. The molecule has 1 aliphatic rings. The summed E-state index contributed by atoms with van der Waals surface area (Å²) in [5, 5.41) is 5.44. The van der Waals surface area contributed by atoms with Crippen LogP contribution in [0.5, 0.6) is 0 Å². The van der Waals surface area contributed by atoms with Crippen LogP contribution in [0.2, 0.25) is 0 Å². The Bertz CT molecular complexity index is 1090. The Morgan fingerprint density at radius 1 is 1.17 bits per heavy atom. The van der Waals surface area contributed by atoms with Gasteiger partial charge < -0.3 is 30.6 Å². The number of esters is 1. The largest absolute Gasteiger partial charge is 0.490 e. The zero-order valence-electron chi connectivity index (χ0n) is 25.1. The topological polar surface area (TPSA) is 146 Å². The van der Waals surface area contributed by atoms with E-state index in [1.54, 1.807) is 24.3 Å². The van der Waals surface area contributed by atoms with Crippen LogP contribution in [0.3, 0.4) is 0 Å². The highest BCUT2D eigenvalue weighted by Gasteiger charge is 2.32. The Hall–Kier alpha value is -4.08. The first-order valence-electron chi connectivity index (χ1n) is 13.6. The summed E-state index contributed by atoms with van der Waals surface area (Å²) in [6.45, 7) is 11.3. The van der Waals surface area contributed by atoms with Crippen LogP contribution in [0.4, 0.5) is 4.79 Å². The minimum atomic E-state index is -0.859. The van der Waals surface area contributed by atoms with Crippen molar-refractivity contribution >= 4 is 23.9 Å². The number of hydrogen-bond acceptors (Lipinski definition) is 7. The number of nitrogens with one attached hydrogen (secondary N) is 2. The summed E-state index contributed by atoms with van der Waals surface area (Å²) in [7, 11) is 1.44. The lowest BCUT2D eigenvalue weighted by Crippen LogP contribution is -2.52. The van der Waals surface area contributed by atoms with E-state index in [2.05, 4.69) is 10.6 Å². The van der Waals surface area contributed by atoms with Gasteiger partial charge in [-0.25, -0.2) is 9.59 Å². The lowest BCUT2D eigenvalue weighted by Gasteiger charge is -2.29. The summed E-state index contributed by atoms with van der Waals surface area (Å²) in [5.41, 5.74) is 5.50. The molecule has 226 valence electrons. The van der Waals surface area contributed by atoms with E-state index in [1.807, 2.05) is 65.8 Å². The molecule has 0 aromatic carbocycles. The van der Waals surface area contributed by atoms with Gasteiger partial charge in [-0.15, -0.1) is 0 Å². The van der Waals surface area contributed by atoms with Crippen molar-refractivity contribution in [3.05, 3.63) is 72.2 Å². The predicted octanol–water partition coefficient (Wildman–Crippen LogP) is 4.51. The second-order valence-corrected chi connectivity index (χ2v) is 10.8. The number of primary amides is 1. The van der Waals surface area contributed by atoms with E-state index in [9.17, 15) is 19.2 Å². The summed E-state index contributed by atoms with van der Waals surface area (Å²) >= 11 is 0. The first-order chi connectivity index (χ1) is 19.3. The molecule has 10 heteroatoms. The summed E-state index contributed by atoms with van der Waals surface area (Å²) in [4.78, 5) is 48.4. The predicted molar refractivity (Wildman–Crippen MR) is 158 cm³/mol. The molecule has 4 N–H and O–H groups in total. The molecule has 0 saturated heterocycles. The molecule has 0 fully saturated rings. The highest BCUT2D eigenvalue weighted by Crippen LogP contribution is 2.23. The van der Waals surface area contributed by atoms with E-state index in [4.69, 9.17) is 19.9 Å². The van der Waals surface area contributed by atoms with Gasteiger partial charge in [-0.2, -0.15) is 0 Å². The Balaban J connectivity index is 2.69. The normalized spacial score (nSPS) is 18.7. The van der Waals surface area contributed by atoms with Gasteiger partial charge in [-0.05, 0) is 31.5 Å². The van der Waals surface area contributed by atoms with Crippen molar-refractivity contribution in [2.75, 3.05) is 7.11 Å². The fourth-order valence-corrected chi connectivity index (χ4v) is 3.92. The molecule has 0 bridgehead atoms. The van der Waals surface area contributed by atoms with Crippen molar-refractivity contribution in [3.8, 4) is 0 Å². The van der Waals surface area contributed by atoms with Gasteiger partial charge in [0, 0.05) is 31.3 Å². The van der Waals surface area contributed by atoms with Crippen LogP contribution < -0.4 is 16.4 Å². The second kappa shape index (κ2) is 17.6. The highest BCUT2D eigenvalue weighted by molar-refractivity contribution is 5.93. The average Bonchev–Trinajstić information content (AvgIpc) is 2.89. The third kappa shape index (κ3) is 13.7. The monoisotopic (exact) mass is 571 g/mol. The molecule has 3 amide bonds. The second-order valence-electron chi connectivity index (χ2n) is 10.8. The summed E-state index contributed by atoms with van der Waals surface area (Å²) in [6.07, 6.45) is 16.9. The summed E-state index contributed by atoms with van der Waals surface area (Å²) in [5.74, 6) is -1.05. The maximum absolute atomic E-state index is 12.8. The number of rotatable bonds is 14. The Morgan fingerprint density at radius 3 is 2.41 bits per heavy atom. The maximum Gasteiger partial charge on any atom is 0.404 e. The molecule has 10 nitrogen and oxygen atoms in total. The SMILES string of the molecule is CC=CCC(CC=CNC(=O)C(NC(=O)C=CC=CC(C)=CC(C)C1CC=C(OC)C(=O)O1)C(C)(C)C)OC(N)=O. The van der Waals surface area contributed by atoms with Gasteiger partial charge >= 0.3 is 12.1 Å². The average molecular weight is 572 g/mol. The lowest BCUT2D eigenvalue weighted by atomic mass is 9.86. The molecular weight excluding hydrogens is 526 g/mol.